The number of hydrogen-bond donors (Lipinski definition) is 6. The largest absolute Gasteiger partial charge is 0.405 e. The maximum Gasteiger partial charge on any atom is 0.405 e. The summed E-state index contributed by atoms with van der Waals surface area (Å²) in [4.78, 5) is 28.4. The van der Waals surface area contributed by atoms with Crippen molar-refractivity contribution in [2.45, 2.75) is 62.6 Å². The highest BCUT2D eigenvalue weighted by Crippen LogP contribution is 2.49. The van der Waals surface area contributed by atoms with Gasteiger partial charge >= 0.3 is 13.4 Å². The molecule has 0 bridgehead atoms. The molecule has 42 heavy (non-hydrogen) atoms. The molecule has 0 saturated carbocycles. The number of imidazole rings is 1. The number of nitrogens with one attached hydrogen (secondary N) is 1. The van der Waals surface area contributed by atoms with E-state index >= 15 is 0 Å². The first-order valence-corrected chi connectivity index (χ1v) is 15.0. The number of nitrogen functional groups attached to an aromatic ring is 2. The van der Waals surface area contributed by atoms with Crippen molar-refractivity contribution < 1.29 is 33.3 Å². The molecule has 9 N–H and O–H groups in total. The average molecular weight is 611 g/mol. The van der Waals surface area contributed by atoms with Crippen molar-refractivity contribution in [3.8, 4) is 0 Å². The van der Waals surface area contributed by atoms with Crippen LogP contribution in [0.4, 0.5) is 11.6 Å². The fourth-order valence-corrected chi connectivity index (χ4v) is 6.44. The number of aliphatic hydroxyl groups is 2. The van der Waals surface area contributed by atoms with Crippen molar-refractivity contribution in [3.05, 3.63) is 35.4 Å². The van der Waals surface area contributed by atoms with Crippen molar-refractivity contribution in [1.29, 1.82) is 0 Å². The molecule has 19 heteroatoms. The van der Waals surface area contributed by atoms with Gasteiger partial charge in [0, 0.05) is 25.6 Å². The molecule has 2 fully saturated rings. The zero-order valence-corrected chi connectivity index (χ0v) is 23.5. The molecule has 2 aliphatic heterocycles. The Labute approximate surface area is 239 Å². The van der Waals surface area contributed by atoms with E-state index in [1.807, 2.05) is 0 Å². The molecule has 3 aromatic rings. The minimum Gasteiger partial charge on any atom is -0.394 e. The minimum absolute atomic E-state index is 0.0533. The summed E-state index contributed by atoms with van der Waals surface area (Å²) in [5.41, 5.74) is 17.2. The summed E-state index contributed by atoms with van der Waals surface area (Å²) in [5, 5.41) is 23.5. The Balaban J connectivity index is 1.27. The van der Waals surface area contributed by atoms with Gasteiger partial charge in [-0.15, -0.1) is 0 Å². The van der Waals surface area contributed by atoms with Gasteiger partial charge in [0.2, 0.25) is 0 Å². The number of unbranched alkanes of at least 4 members (excludes halogenated alkanes) is 1. The zero-order valence-electron chi connectivity index (χ0n) is 22.6. The summed E-state index contributed by atoms with van der Waals surface area (Å²) in [6.07, 6.45) is 0.607. The molecule has 2 saturated heterocycles. The number of aromatic nitrogens is 6. The van der Waals surface area contributed by atoms with Gasteiger partial charge in [0.05, 0.1) is 25.6 Å². The van der Waals surface area contributed by atoms with Crippen LogP contribution in [-0.2, 0) is 23.1 Å². The predicted molar refractivity (Wildman–Crippen MR) is 148 cm³/mol. The number of ether oxygens (including phenoxy) is 2. The second-order valence-electron chi connectivity index (χ2n) is 9.95. The fourth-order valence-electron chi connectivity index (χ4n) is 4.86. The lowest BCUT2D eigenvalue weighted by Gasteiger charge is -2.26. The van der Waals surface area contributed by atoms with E-state index in [1.54, 1.807) is 4.57 Å². The molecule has 7 atom stereocenters. The van der Waals surface area contributed by atoms with Crippen LogP contribution in [0.2, 0.25) is 0 Å². The van der Waals surface area contributed by atoms with E-state index < -0.39 is 56.9 Å². The topological polar surface area (TPSA) is 263 Å². The van der Waals surface area contributed by atoms with Crippen LogP contribution >= 0.6 is 7.75 Å². The molecule has 7 unspecified atom stereocenters. The van der Waals surface area contributed by atoms with Gasteiger partial charge in [0.1, 0.15) is 48.4 Å². The van der Waals surface area contributed by atoms with Gasteiger partial charge in [-0.2, -0.15) is 4.98 Å². The van der Waals surface area contributed by atoms with Gasteiger partial charge in [0.15, 0.2) is 11.5 Å². The standard InChI is InChI=1S/C23H35N10O8P/c24-4-1-2-5-30-42(37,41-14-8-19(39-15(14)9-34)32-6-3-17(25)31-23(32)36)38-10-16-13(35)7-18(40-16)33-12-29-20-21(26)27-11-28-22(20)33/h3,6,11-16,18-19,34-35H,1-2,4-5,7-10,24H2,(H,30,37)(H2,25,31,36)(H2,26,27,28). The van der Waals surface area contributed by atoms with Crippen LogP contribution in [0.5, 0.6) is 0 Å². The third-order valence-electron chi connectivity index (χ3n) is 7.04. The molecule has 0 spiro atoms. The lowest BCUT2D eigenvalue weighted by atomic mass is 10.2. The molecular formula is C23H35N10O8P. The lowest BCUT2D eigenvalue weighted by Crippen LogP contribution is -2.32. The van der Waals surface area contributed by atoms with E-state index in [4.69, 9.17) is 35.7 Å². The number of nitrogens with zero attached hydrogens (tertiary/aromatic N) is 6. The molecule has 0 amide bonds. The van der Waals surface area contributed by atoms with E-state index in [1.165, 1.54) is 29.5 Å². The smallest absolute Gasteiger partial charge is 0.394 e. The normalized spacial score (nSPS) is 27.5. The monoisotopic (exact) mass is 610 g/mol. The lowest BCUT2D eigenvalue weighted by molar-refractivity contribution is -0.0520. The first kappa shape index (κ1) is 30.4. The van der Waals surface area contributed by atoms with Gasteiger partial charge in [0.25, 0.3) is 0 Å². The molecule has 5 rings (SSSR count). The maximum atomic E-state index is 13.9. The Morgan fingerprint density at radius 3 is 2.67 bits per heavy atom. The van der Waals surface area contributed by atoms with Crippen LogP contribution in [0, 0.1) is 0 Å². The molecule has 0 radical (unpaired) electrons. The third kappa shape index (κ3) is 6.61. The number of anilines is 2. The quantitative estimate of drug-likeness (QED) is 0.100. The number of aliphatic hydroxyl groups excluding tert-OH is 2. The Morgan fingerprint density at radius 1 is 1.12 bits per heavy atom. The molecule has 18 nitrogen and oxygen atoms in total. The second kappa shape index (κ2) is 13.1. The van der Waals surface area contributed by atoms with Crippen LogP contribution in [0.25, 0.3) is 11.2 Å². The Bertz CT molecular complexity index is 1470. The number of nitrogens with two attached hydrogens (primary N) is 3. The summed E-state index contributed by atoms with van der Waals surface area (Å²) in [7, 11) is -4.05. The molecule has 3 aromatic heterocycles. The van der Waals surface area contributed by atoms with Crippen molar-refractivity contribution in [2.75, 3.05) is 37.8 Å². The van der Waals surface area contributed by atoms with Gasteiger partial charge in [-0.1, -0.05) is 0 Å². The number of fused-ring (bicyclic) bond motifs is 1. The molecular weight excluding hydrogens is 575 g/mol. The van der Waals surface area contributed by atoms with Crippen molar-refractivity contribution >= 4 is 30.5 Å². The first-order chi connectivity index (χ1) is 20.2. The molecule has 230 valence electrons. The van der Waals surface area contributed by atoms with E-state index in [0.29, 0.717) is 30.6 Å². The highest BCUT2D eigenvalue weighted by molar-refractivity contribution is 7.51. The highest BCUT2D eigenvalue weighted by atomic mass is 31.2. The minimum atomic E-state index is -4.05. The van der Waals surface area contributed by atoms with Crippen LogP contribution in [0.3, 0.4) is 0 Å². The van der Waals surface area contributed by atoms with Crippen molar-refractivity contribution in [2.24, 2.45) is 5.73 Å². The molecule has 5 heterocycles. The van der Waals surface area contributed by atoms with Crippen molar-refractivity contribution in [1.82, 2.24) is 34.2 Å². The SMILES string of the molecule is NCCCCNP(=O)(OCC1OC(n2cnc3c(N)ncnc32)CC1O)OC1CC(n2ccc(N)nc2=O)OC1CO. The first-order valence-electron chi connectivity index (χ1n) is 13.5. The van der Waals surface area contributed by atoms with E-state index in [0.717, 1.165) is 0 Å². The van der Waals surface area contributed by atoms with Crippen LogP contribution in [0.1, 0.15) is 38.1 Å². The van der Waals surface area contributed by atoms with E-state index in [9.17, 15) is 19.6 Å². The third-order valence-corrected chi connectivity index (χ3v) is 8.69. The Morgan fingerprint density at radius 2 is 1.90 bits per heavy atom. The van der Waals surface area contributed by atoms with Crippen LogP contribution in [-0.4, -0.2) is 90.0 Å². The summed E-state index contributed by atoms with van der Waals surface area (Å²) >= 11 is 0. The maximum absolute atomic E-state index is 13.9. The van der Waals surface area contributed by atoms with Crippen LogP contribution < -0.4 is 28.0 Å². The summed E-state index contributed by atoms with van der Waals surface area (Å²) in [5.74, 6) is 0.269. The zero-order chi connectivity index (χ0) is 29.9. The Kier molecular flexibility index (Phi) is 9.46. The van der Waals surface area contributed by atoms with Gasteiger partial charge in [-0.25, -0.2) is 29.4 Å². The second-order valence-corrected chi connectivity index (χ2v) is 11.7. The van der Waals surface area contributed by atoms with Crippen molar-refractivity contribution in [3.63, 3.8) is 0 Å². The Hall–Kier alpha value is -3.06. The molecule has 0 aromatic carbocycles. The fraction of sp³-hybridized carbons (Fsp3) is 0.609. The predicted octanol–water partition coefficient (Wildman–Crippen LogP) is -0.986. The summed E-state index contributed by atoms with van der Waals surface area (Å²) in [6.45, 7) is -0.0451. The van der Waals surface area contributed by atoms with Crippen LogP contribution in [0.15, 0.2) is 29.7 Å². The summed E-state index contributed by atoms with van der Waals surface area (Å²) in [6, 6.07) is 1.44. The summed E-state index contributed by atoms with van der Waals surface area (Å²) < 4.78 is 40.3. The molecule has 0 aliphatic carbocycles. The molecule has 2 aliphatic rings. The van der Waals surface area contributed by atoms with Gasteiger partial charge in [-0.3, -0.25) is 18.2 Å². The van der Waals surface area contributed by atoms with E-state index in [2.05, 4.69) is 25.0 Å². The number of rotatable bonds is 13. The average Bonchev–Trinajstić information content (AvgIpc) is 3.67. The number of hydrogen-bond acceptors (Lipinski definition) is 15. The highest BCUT2D eigenvalue weighted by Gasteiger charge is 2.43. The van der Waals surface area contributed by atoms with E-state index in [-0.39, 0.29) is 37.6 Å². The van der Waals surface area contributed by atoms with Gasteiger partial charge in [-0.05, 0) is 25.5 Å². The van der Waals surface area contributed by atoms with Gasteiger partial charge < -0.3 is 36.9 Å².